The topological polar surface area (TPSA) is 46.0 Å². The second-order valence-corrected chi connectivity index (χ2v) is 2.63. The van der Waals surface area contributed by atoms with E-state index in [9.17, 15) is 5.11 Å². The van der Waals surface area contributed by atoms with Gasteiger partial charge in [0.05, 0.1) is 0 Å². The Bertz CT molecular complexity index is 427. The van der Waals surface area contributed by atoms with Gasteiger partial charge in [0, 0.05) is 11.6 Å². The molecule has 3 nitrogen and oxygen atoms in total. The summed E-state index contributed by atoms with van der Waals surface area (Å²) in [5.41, 5.74) is 0.616. The van der Waals surface area contributed by atoms with Gasteiger partial charge in [-0.25, -0.2) is 9.97 Å². The van der Waals surface area contributed by atoms with Crippen molar-refractivity contribution in [3.05, 3.63) is 30.2 Å². The highest BCUT2D eigenvalue weighted by molar-refractivity contribution is 5.83. The maximum absolute atomic E-state index is 9.41. The molecule has 0 atom stereocenters. The van der Waals surface area contributed by atoms with Crippen molar-refractivity contribution < 1.29 is 5.11 Å². The first-order valence-electron chi connectivity index (χ1n) is 4.69. The van der Waals surface area contributed by atoms with E-state index in [0.29, 0.717) is 11.3 Å². The zero-order chi connectivity index (χ0) is 10.6. The van der Waals surface area contributed by atoms with Gasteiger partial charge < -0.3 is 5.11 Å². The maximum Gasteiger partial charge on any atom is 0.141 e. The lowest BCUT2D eigenvalue weighted by Gasteiger charge is -1.98. The minimum Gasteiger partial charge on any atom is -0.506 e. The van der Waals surface area contributed by atoms with Crippen LogP contribution < -0.4 is 0 Å². The van der Waals surface area contributed by atoms with Crippen molar-refractivity contribution in [3.8, 4) is 5.75 Å². The molecule has 1 aromatic carbocycles. The quantitative estimate of drug-likeness (QED) is 0.694. The van der Waals surface area contributed by atoms with Crippen LogP contribution in [0.1, 0.15) is 19.7 Å². The largest absolute Gasteiger partial charge is 0.506 e. The molecule has 1 aromatic heterocycles. The van der Waals surface area contributed by atoms with Gasteiger partial charge in [0.15, 0.2) is 0 Å². The molecule has 0 spiro atoms. The van der Waals surface area contributed by atoms with Crippen LogP contribution in [-0.2, 0) is 0 Å². The van der Waals surface area contributed by atoms with Crippen molar-refractivity contribution >= 4 is 10.9 Å². The number of rotatable bonds is 0. The van der Waals surface area contributed by atoms with Crippen molar-refractivity contribution in [1.29, 1.82) is 0 Å². The molecule has 0 unspecified atom stereocenters. The van der Waals surface area contributed by atoms with E-state index in [1.54, 1.807) is 25.3 Å². The van der Waals surface area contributed by atoms with Crippen molar-refractivity contribution in [2.45, 2.75) is 20.8 Å². The first-order valence-corrected chi connectivity index (χ1v) is 4.69. The molecular weight excluding hydrogens is 176 g/mol. The van der Waals surface area contributed by atoms with E-state index in [-0.39, 0.29) is 5.75 Å². The van der Waals surface area contributed by atoms with Gasteiger partial charge in [-0.05, 0) is 13.0 Å². The predicted octanol–water partition coefficient (Wildman–Crippen LogP) is 2.67. The number of benzene rings is 1. The number of aromatic nitrogens is 2. The molecule has 0 bridgehead atoms. The summed E-state index contributed by atoms with van der Waals surface area (Å²) in [6, 6.07) is 5.26. The lowest BCUT2D eigenvalue weighted by atomic mass is 10.2. The standard InChI is InChI=1S/C9H8N2O.C2H6/c1-6-10-5-7-3-2-4-8(12)9(7)11-6;1-2/h2-5,12H,1H3;1-2H3. The molecule has 2 rings (SSSR count). The molecule has 2 aromatic rings. The van der Waals surface area contributed by atoms with Crippen molar-refractivity contribution in [2.75, 3.05) is 0 Å². The monoisotopic (exact) mass is 190 g/mol. The molecule has 0 aliphatic heterocycles. The fourth-order valence-electron chi connectivity index (χ4n) is 1.13. The number of phenolic OH excluding ortho intramolecular Hbond substituents is 1. The Labute approximate surface area is 83.4 Å². The smallest absolute Gasteiger partial charge is 0.141 e. The van der Waals surface area contributed by atoms with Gasteiger partial charge in [0.1, 0.15) is 17.1 Å². The molecule has 74 valence electrons. The zero-order valence-electron chi connectivity index (χ0n) is 8.65. The zero-order valence-corrected chi connectivity index (χ0v) is 8.65. The predicted molar refractivity (Wildman–Crippen MR) is 57.3 cm³/mol. The third kappa shape index (κ3) is 1.99. The Kier molecular flexibility index (Phi) is 3.40. The van der Waals surface area contributed by atoms with Crippen LogP contribution in [-0.4, -0.2) is 15.1 Å². The molecule has 14 heavy (non-hydrogen) atoms. The van der Waals surface area contributed by atoms with Gasteiger partial charge in [-0.15, -0.1) is 0 Å². The summed E-state index contributed by atoms with van der Waals surface area (Å²) in [5, 5.41) is 10.3. The first-order chi connectivity index (χ1) is 6.77. The van der Waals surface area contributed by atoms with Crippen LogP contribution in [0.25, 0.3) is 10.9 Å². The third-order valence-electron chi connectivity index (χ3n) is 1.71. The normalized spacial score (nSPS) is 9.36. The number of hydrogen-bond acceptors (Lipinski definition) is 3. The van der Waals surface area contributed by atoms with Gasteiger partial charge >= 0.3 is 0 Å². The Morgan fingerprint density at radius 1 is 1.21 bits per heavy atom. The second kappa shape index (κ2) is 4.56. The van der Waals surface area contributed by atoms with Crippen LogP contribution in [0.4, 0.5) is 0 Å². The van der Waals surface area contributed by atoms with Crippen LogP contribution in [0.2, 0.25) is 0 Å². The van der Waals surface area contributed by atoms with E-state index in [4.69, 9.17) is 0 Å². The Hall–Kier alpha value is -1.64. The molecule has 0 fully saturated rings. The van der Waals surface area contributed by atoms with E-state index >= 15 is 0 Å². The fraction of sp³-hybridized carbons (Fsp3) is 0.273. The number of nitrogens with zero attached hydrogens (tertiary/aromatic N) is 2. The van der Waals surface area contributed by atoms with E-state index < -0.39 is 0 Å². The molecule has 0 amide bonds. The van der Waals surface area contributed by atoms with Crippen LogP contribution in [0, 0.1) is 6.92 Å². The van der Waals surface area contributed by atoms with Gasteiger partial charge in [0.25, 0.3) is 0 Å². The minimum atomic E-state index is 0.206. The highest BCUT2D eigenvalue weighted by Gasteiger charge is 1.99. The summed E-state index contributed by atoms with van der Waals surface area (Å²) in [4.78, 5) is 8.14. The summed E-state index contributed by atoms with van der Waals surface area (Å²) in [6.45, 7) is 5.80. The van der Waals surface area contributed by atoms with E-state index in [0.717, 1.165) is 5.39 Å². The first kappa shape index (κ1) is 10.4. The highest BCUT2D eigenvalue weighted by Crippen LogP contribution is 2.20. The average molecular weight is 190 g/mol. The lowest BCUT2D eigenvalue weighted by molar-refractivity contribution is 0.480. The van der Waals surface area contributed by atoms with Crippen LogP contribution in [0.5, 0.6) is 5.75 Å². The molecule has 0 saturated carbocycles. The van der Waals surface area contributed by atoms with Crippen molar-refractivity contribution in [3.63, 3.8) is 0 Å². The number of fused-ring (bicyclic) bond motifs is 1. The van der Waals surface area contributed by atoms with Gasteiger partial charge in [-0.2, -0.15) is 0 Å². The molecule has 0 aliphatic carbocycles. The average Bonchev–Trinajstić information content (AvgIpc) is 2.22. The number of phenols is 1. The number of para-hydroxylation sites is 1. The summed E-state index contributed by atoms with van der Waals surface area (Å²) < 4.78 is 0. The molecule has 0 radical (unpaired) electrons. The summed E-state index contributed by atoms with van der Waals surface area (Å²) >= 11 is 0. The molecule has 0 saturated heterocycles. The number of aryl methyl sites for hydroxylation is 1. The second-order valence-electron chi connectivity index (χ2n) is 2.63. The Balaban J connectivity index is 0.000000461. The van der Waals surface area contributed by atoms with Crippen LogP contribution in [0.3, 0.4) is 0 Å². The number of aromatic hydroxyl groups is 1. The highest BCUT2D eigenvalue weighted by atomic mass is 16.3. The Morgan fingerprint density at radius 3 is 2.64 bits per heavy atom. The molecule has 1 N–H and O–H groups in total. The number of hydrogen-bond donors (Lipinski definition) is 1. The van der Waals surface area contributed by atoms with Crippen molar-refractivity contribution in [1.82, 2.24) is 9.97 Å². The molecule has 3 heteroatoms. The summed E-state index contributed by atoms with van der Waals surface area (Å²) in [5.74, 6) is 0.877. The van der Waals surface area contributed by atoms with Crippen LogP contribution in [0.15, 0.2) is 24.4 Å². The third-order valence-corrected chi connectivity index (χ3v) is 1.71. The molecule has 1 heterocycles. The van der Waals surface area contributed by atoms with E-state index in [1.807, 2.05) is 19.9 Å². The van der Waals surface area contributed by atoms with E-state index in [1.165, 1.54) is 0 Å². The SMILES string of the molecule is CC.Cc1ncc2cccc(O)c2n1. The van der Waals surface area contributed by atoms with E-state index in [2.05, 4.69) is 9.97 Å². The van der Waals surface area contributed by atoms with Crippen LogP contribution >= 0.6 is 0 Å². The lowest BCUT2D eigenvalue weighted by Crippen LogP contribution is -1.87. The summed E-state index contributed by atoms with van der Waals surface area (Å²) in [7, 11) is 0. The van der Waals surface area contributed by atoms with Gasteiger partial charge in [-0.1, -0.05) is 26.0 Å². The van der Waals surface area contributed by atoms with Crippen molar-refractivity contribution in [2.24, 2.45) is 0 Å². The molecular formula is C11H14N2O. The minimum absolute atomic E-state index is 0.206. The molecule has 0 aliphatic rings. The fourth-order valence-corrected chi connectivity index (χ4v) is 1.13. The summed E-state index contributed by atoms with van der Waals surface area (Å²) in [6.07, 6.45) is 1.71. The van der Waals surface area contributed by atoms with Gasteiger partial charge in [0.2, 0.25) is 0 Å². The Morgan fingerprint density at radius 2 is 1.93 bits per heavy atom. The van der Waals surface area contributed by atoms with Gasteiger partial charge in [-0.3, -0.25) is 0 Å². The maximum atomic E-state index is 9.41.